The second kappa shape index (κ2) is 4.13. The Hall–Kier alpha value is -1.51. The molecule has 0 aromatic heterocycles. The van der Waals surface area contributed by atoms with Gasteiger partial charge in [0.25, 0.3) is 0 Å². The fourth-order valence-corrected chi connectivity index (χ4v) is 1.05. The molecule has 4 N–H and O–H groups in total. The van der Waals surface area contributed by atoms with Gasteiger partial charge in [0.05, 0.1) is 0 Å². The van der Waals surface area contributed by atoms with Crippen molar-refractivity contribution in [3.05, 3.63) is 34.9 Å². The first kappa shape index (κ1) is 10.6. The quantitative estimate of drug-likeness (QED) is 0.736. The summed E-state index contributed by atoms with van der Waals surface area (Å²) in [6.45, 7) is 0.0881. The van der Waals surface area contributed by atoms with Gasteiger partial charge in [-0.05, 0) is 17.7 Å². The summed E-state index contributed by atoms with van der Waals surface area (Å²) in [6.07, 6.45) is 0. The predicted octanol–water partition coefficient (Wildman–Crippen LogP) is 0.795. The first-order valence-electron chi connectivity index (χ1n) is 3.94. The number of nitriles is 1. The van der Waals surface area contributed by atoms with Crippen LogP contribution in [-0.4, -0.2) is 6.54 Å². The van der Waals surface area contributed by atoms with E-state index in [1.165, 1.54) is 6.07 Å². The lowest BCUT2D eigenvalue weighted by atomic mass is 10.0. The van der Waals surface area contributed by atoms with Crippen LogP contribution in [0.25, 0.3) is 0 Å². The average molecular weight is 197 g/mol. The third kappa shape index (κ3) is 1.87. The lowest BCUT2D eigenvalue weighted by Gasteiger charge is -2.09. The van der Waals surface area contributed by atoms with Crippen LogP contribution >= 0.6 is 0 Å². The van der Waals surface area contributed by atoms with Gasteiger partial charge in [0, 0.05) is 12.6 Å². The predicted molar refractivity (Wildman–Crippen MR) is 47.1 cm³/mol. The monoisotopic (exact) mass is 197 g/mol. The van der Waals surface area contributed by atoms with Crippen LogP contribution in [-0.2, 0) is 0 Å². The van der Waals surface area contributed by atoms with Gasteiger partial charge in [0.2, 0.25) is 0 Å². The lowest BCUT2D eigenvalue weighted by molar-refractivity contribution is 0.567. The van der Waals surface area contributed by atoms with Crippen molar-refractivity contribution in [1.29, 1.82) is 5.26 Å². The smallest absolute Gasteiger partial charge is 0.144 e. The minimum atomic E-state index is -0.911. The van der Waals surface area contributed by atoms with Crippen molar-refractivity contribution < 1.29 is 8.78 Å². The zero-order valence-electron chi connectivity index (χ0n) is 7.30. The number of nitrogens with two attached hydrogens (primary N) is 2. The molecular weight excluding hydrogens is 188 g/mol. The van der Waals surface area contributed by atoms with Crippen molar-refractivity contribution in [1.82, 2.24) is 0 Å². The molecule has 0 spiro atoms. The maximum absolute atomic E-state index is 13.0. The molecule has 0 heterocycles. The third-order valence-corrected chi connectivity index (χ3v) is 1.86. The Labute approximate surface area is 79.9 Å². The number of hydrogen-bond donors (Lipinski definition) is 2. The Balaban J connectivity index is 3.22. The van der Waals surface area contributed by atoms with E-state index in [2.05, 4.69) is 0 Å². The van der Waals surface area contributed by atoms with Crippen LogP contribution in [0.15, 0.2) is 12.1 Å². The highest BCUT2D eigenvalue weighted by molar-refractivity contribution is 5.36. The van der Waals surface area contributed by atoms with E-state index in [-0.39, 0.29) is 12.1 Å². The molecule has 1 aromatic carbocycles. The van der Waals surface area contributed by atoms with Crippen LogP contribution < -0.4 is 11.5 Å². The molecule has 14 heavy (non-hydrogen) atoms. The third-order valence-electron chi connectivity index (χ3n) is 1.86. The Morgan fingerprint density at radius 3 is 2.21 bits per heavy atom. The van der Waals surface area contributed by atoms with Crippen molar-refractivity contribution in [2.24, 2.45) is 11.5 Å². The first-order chi connectivity index (χ1) is 6.60. The molecular formula is C9H9F2N3. The van der Waals surface area contributed by atoms with Gasteiger partial charge in [-0.1, -0.05) is 0 Å². The Morgan fingerprint density at radius 1 is 1.36 bits per heavy atom. The van der Waals surface area contributed by atoms with Crippen LogP contribution in [0.5, 0.6) is 0 Å². The highest BCUT2D eigenvalue weighted by atomic mass is 19.1. The molecule has 1 unspecified atom stereocenters. The molecule has 1 aromatic rings. The van der Waals surface area contributed by atoms with Crippen LogP contribution in [0, 0.1) is 23.0 Å². The van der Waals surface area contributed by atoms with Crippen LogP contribution in [0.4, 0.5) is 8.78 Å². The standard InChI is InChI=1S/C9H9F2N3/c10-7-1-5(9(14)4-13)2-8(11)6(7)3-12/h1-2,9H,4,13-14H2. The summed E-state index contributed by atoms with van der Waals surface area (Å²) < 4.78 is 26.1. The van der Waals surface area contributed by atoms with Crippen LogP contribution in [0.2, 0.25) is 0 Å². The molecule has 74 valence electrons. The topological polar surface area (TPSA) is 75.8 Å². The van der Waals surface area contributed by atoms with Gasteiger partial charge in [-0.2, -0.15) is 5.26 Å². The molecule has 0 radical (unpaired) electrons. The fraction of sp³-hybridized carbons (Fsp3) is 0.222. The van der Waals surface area contributed by atoms with E-state index in [4.69, 9.17) is 16.7 Å². The molecule has 0 bridgehead atoms. The lowest BCUT2D eigenvalue weighted by Crippen LogP contribution is -2.21. The Kier molecular flexibility index (Phi) is 3.12. The largest absolute Gasteiger partial charge is 0.329 e. The number of halogens is 2. The van der Waals surface area contributed by atoms with E-state index >= 15 is 0 Å². The van der Waals surface area contributed by atoms with Gasteiger partial charge in [0.1, 0.15) is 23.3 Å². The molecule has 0 aliphatic carbocycles. The normalized spacial score (nSPS) is 12.2. The molecule has 0 aliphatic heterocycles. The molecule has 1 rings (SSSR count). The van der Waals surface area contributed by atoms with Crippen molar-refractivity contribution in [2.45, 2.75) is 6.04 Å². The molecule has 0 saturated heterocycles. The Morgan fingerprint density at radius 2 is 1.86 bits per heavy atom. The number of rotatable bonds is 2. The minimum Gasteiger partial charge on any atom is -0.329 e. The summed E-state index contributed by atoms with van der Waals surface area (Å²) in [5.41, 5.74) is 10.4. The number of nitrogens with zero attached hydrogens (tertiary/aromatic N) is 1. The molecule has 1 atom stereocenters. The van der Waals surface area contributed by atoms with Gasteiger partial charge >= 0.3 is 0 Å². The first-order valence-corrected chi connectivity index (χ1v) is 3.94. The summed E-state index contributed by atoms with van der Waals surface area (Å²) in [4.78, 5) is 0. The Bertz CT molecular complexity index is 361. The zero-order chi connectivity index (χ0) is 10.7. The molecule has 3 nitrogen and oxygen atoms in total. The summed E-state index contributed by atoms with van der Waals surface area (Å²) in [5.74, 6) is -1.82. The second-order valence-electron chi connectivity index (χ2n) is 2.81. The second-order valence-corrected chi connectivity index (χ2v) is 2.81. The number of benzene rings is 1. The van der Waals surface area contributed by atoms with Gasteiger partial charge in [-0.3, -0.25) is 0 Å². The SMILES string of the molecule is N#Cc1c(F)cc(C(N)CN)cc1F. The van der Waals surface area contributed by atoms with Gasteiger partial charge in [0.15, 0.2) is 0 Å². The average Bonchev–Trinajstić information content (AvgIpc) is 2.16. The van der Waals surface area contributed by atoms with Crippen LogP contribution in [0.1, 0.15) is 17.2 Å². The molecule has 0 fully saturated rings. The van der Waals surface area contributed by atoms with Crippen LogP contribution in [0.3, 0.4) is 0 Å². The van der Waals surface area contributed by atoms with Crippen molar-refractivity contribution >= 4 is 0 Å². The van der Waals surface area contributed by atoms with E-state index in [9.17, 15) is 8.78 Å². The van der Waals surface area contributed by atoms with E-state index in [1.807, 2.05) is 0 Å². The molecule has 0 aliphatic rings. The highest BCUT2D eigenvalue weighted by Gasteiger charge is 2.13. The van der Waals surface area contributed by atoms with Gasteiger partial charge in [-0.15, -0.1) is 0 Å². The highest BCUT2D eigenvalue weighted by Crippen LogP contribution is 2.17. The summed E-state index contributed by atoms with van der Waals surface area (Å²) in [5, 5.41) is 8.40. The minimum absolute atomic E-state index is 0.0881. The maximum atomic E-state index is 13.0. The molecule has 5 heteroatoms. The molecule has 0 saturated carbocycles. The summed E-state index contributed by atoms with van der Waals surface area (Å²) >= 11 is 0. The van der Waals surface area contributed by atoms with Crippen molar-refractivity contribution in [3.63, 3.8) is 0 Å². The van der Waals surface area contributed by atoms with E-state index in [1.54, 1.807) is 0 Å². The number of hydrogen-bond acceptors (Lipinski definition) is 3. The van der Waals surface area contributed by atoms with Gasteiger partial charge < -0.3 is 11.5 Å². The van der Waals surface area contributed by atoms with Crippen molar-refractivity contribution in [3.8, 4) is 6.07 Å². The van der Waals surface area contributed by atoms with Crippen molar-refractivity contribution in [2.75, 3.05) is 6.54 Å². The summed E-state index contributed by atoms with van der Waals surface area (Å²) in [7, 11) is 0. The van der Waals surface area contributed by atoms with E-state index < -0.39 is 23.2 Å². The fourth-order valence-electron chi connectivity index (χ4n) is 1.05. The van der Waals surface area contributed by atoms with E-state index in [0.29, 0.717) is 0 Å². The maximum Gasteiger partial charge on any atom is 0.144 e. The van der Waals surface area contributed by atoms with Gasteiger partial charge in [-0.25, -0.2) is 8.78 Å². The van der Waals surface area contributed by atoms with E-state index in [0.717, 1.165) is 12.1 Å². The summed E-state index contributed by atoms with van der Waals surface area (Å²) in [6, 6.07) is 2.86. The molecule has 0 amide bonds. The zero-order valence-corrected chi connectivity index (χ0v) is 7.30.